The maximum absolute atomic E-state index is 13.2. The van der Waals surface area contributed by atoms with Crippen molar-refractivity contribution in [2.45, 2.75) is 57.5 Å². The SMILES string of the molecule is O=c1[nH]c(CNC2CCCCCCC2)nc2scc(-c3ccc(F)cc3)c12. The number of benzene rings is 1. The van der Waals surface area contributed by atoms with Crippen LogP contribution in [0.4, 0.5) is 4.39 Å². The minimum absolute atomic E-state index is 0.130. The zero-order valence-electron chi connectivity index (χ0n) is 15.3. The normalized spacial score (nSPS) is 16.3. The quantitative estimate of drug-likeness (QED) is 0.665. The number of rotatable bonds is 4. The van der Waals surface area contributed by atoms with Crippen LogP contribution in [0.2, 0.25) is 0 Å². The molecule has 0 radical (unpaired) electrons. The summed E-state index contributed by atoms with van der Waals surface area (Å²) >= 11 is 1.46. The summed E-state index contributed by atoms with van der Waals surface area (Å²) in [7, 11) is 0. The molecule has 0 saturated heterocycles. The third-order valence-electron chi connectivity index (χ3n) is 5.31. The smallest absolute Gasteiger partial charge is 0.260 e. The lowest BCUT2D eigenvalue weighted by Crippen LogP contribution is -2.30. The Morgan fingerprint density at radius 3 is 2.56 bits per heavy atom. The molecule has 1 fully saturated rings. The van der Waals surface area contributed by atoms with E-state index in [0.717, 1.165) is 16.0 Å². The van der Waals surface area contributed by atoms with Gasteiger partial charge in [-0.3, -0.25) is 4.79 Å². The summed E-state index contributed by atoms with van der Waals surface area (Å²) in [6.07, 6.45) is 8.92. The summed E-state index contributed by atoms with van der Waals surface area (Å²) in [6.45, 7) is 0.583. The number of thiophene rings is 1. The highest BCUT2D eigenvalue weighted by Gasteiger charge is 2.15. The molecule has 1 aliphatic carbocycles. The number of fused-ring (bicyclic) bond motifs is 1. The van der Waals surface area contributed by atoms with E-state index in [1.165, 1.54) is 68.4 Å². The van der Waals surface area contributed by atoms with Crippen molar-refractivity contribution in [2.75, 3.05) is 0 Å². The summed E-state index contributed by atoms with van der Waals surface area (Å²) in [5.41, 5.74) is 1.51. The van der Waals surface area contributed by atoms with E-state index in [1.807, 2.05) is 5.38 Å². The van der Waals surface area contributed by atoms with Gasteiger partial charge in [0.15, 0.2) is 0 Å². The number of hydrogen-bond acceptors (Lipinski definition) is 4. The van der Waals surface area contributed by atoms with E-state index in [2.05, 4.69) is 15.3 Å². The molecule has 1 saturated carbocycles. The Bertz CT molecular complexity index is 956. The van der Waals surface area contributed by atoms with Crippen LogP contribution in [0.15, 0.2) is 34.4 Å². The first-order valence-corrected chi connectivity index (χ1v) is 10.6. The molecule has 0 spiro atoms. The molecule has 0 unspecified atom stereocenters. The van der Waals surface area contributed by atoms with Crippen LogP contribution in [0.5, 0.6) is 0 Å². The zero-order chi connectivity index (χ0) is 18.6. The van der Waals surface area contributed by atoms with E-state index in [1.54, 1.807) is 12.1 Å². The molecule has 3 aromatic rings. The summed E-state index contributed by atoms with van der Waals surface area (Å²) in [5.74, 6) is 0.398. The zero-order valence-corrected chi connectivity index (χ0v) is 16.1. The van der Waals surface area contributed by atoms with Crippen molar-refractivity contribution < 1.29 is 4.39 Å². The Morgan fingerprint density at radius 2 is 1.81 bits per heavy atom. The molecule has 2 N–H and O–H groups in total. The molecular formula is C21H24FN3OS. The Hall–Kier alpha value is -2.05. The summed E-state index contributed by atoms with van der Waals surface area (Å²) < 4.78 is 13.2. The number of H-pyrrole nitrogens is 1. The number of aromatic amines is 1. The van der Waals surface area contributed by atoms with Gasteiger partial charge in [0.05, 0.1) is 11.9 Å². The number of nitrogens with zero attached hydrogens (tertiary/aromatic N) is 1. The number of nitrogens with one attached hydrogen (secondary N) is 2. The highest BCUT2D eigenvalue weighted by atomic mass is 32.1. The molecule has 0 bridgehead atoms. The molecule has 2 heterocycles. The molecule has 4 nitrogen and oxygen atoms in total. The second-order valence-electron chi connectivity index (χ2n) is 7.27. The fourth-order valence-corrected chi connectivity index (χ4v) is 4.79. The van der Waals surface area contributed by atoms with Gasteiger partial charge in [-0.05, 0) is 30.5 Å². The van der Waals surface area contributed by atoms with E-state index >= 15 is 0 Å². The van der Waals surface area contributed by atoms with Crippen LogP contribution in [0.1, 0.15) is 50.8 Å². The standard InChI is InChI=1S/C21H24FN3OS/c22-15-10-8-14(9-11-15)17-13-27-21-19(17)20(26)24-18(25-21)12-23-16-6-4-2-1-3-5-7-16/h8-11,13,16,23H,1-7,12H2,(H,24,25,26). The van der Waals surface area contributed by atoms with Gasteiger partial charge in [0.1, 0.15) is 16.5 Å². The van der Waals surface area contributed by atoms with Crippen LogP contribution < -0.4 is 10.9 Å². The monoisotopic (exact) mass is 385 g/mol. The minimum atomic E-state index is -0.284. The largest absolute Gasteiger partial charge is 0.309 e. The van der Waals surface area contributed by atoms with Gasteiger partial charge in [-0.15, -0.1) is 11.3 Å². The van der Waals surface area contributed by atoms with Gasteiger partial charge in [0.25, 0.3) is 5.56 Å². The van der Waals surface area contributed by atoms with Gasteiger partial charge >= 0.3 is 0 Å². The van der Waals surface area contributed by atoms with E-state index < -0.39 is 0 Å². The van der Waals surface area contributed by atoms with Crippen molar-refractivity contribution in [3.8, 4) is 11.1 Å². The molecule has 27 heavy (non-hydrogen) atoms. The van der Waals surface area contributed by atoms with E-state index in [0.29, 0.717) is 23.8 Å². The third kappa shape index (κ3) is 4.28. The second kappa shape index (κ2) is 8.31. The van der Waals surface area contributed by atoms with Crippen LogP contribution in [-0.2, 0) is 6.54 Å². The lowest BCUT2D eigenvalue weighted by molar-refractivity contribution is 0.386. The first-order chi connectivity index (χ1) is 13.2. The van der Waals surface area contributed by atoms with Crippen molar-refractivity contribution in [3.63, 3.8) is 0 Å². The minimum Gasteiger partial charge on any atom is -0.309 e. The van der Waals surface area contributed by atoms with Gasteiger partial charge in [0, 0.05) is 17.0 Å². The maximum atomic E-state index is 13.2. The van der Waals surface area contributed by atoms with Gasteiger partial charge in [-0.25, -0.2) is 9.37 Å². The van der Waals surface area contributed by atoms with Gasteiger partial charge in [-0.2, -0.15) is 0 Å². The highest BCUT2D eigenvalue weighted by molar-refractivity contribution is 7.17. The van der Waals surface area contributed by atoms with E-state index in [-0.39, 0.29) is 11.4 Å². The fourth-order valence-electron chi connectivity index (χ4n) is 3.82. The predicted octanol–water partition coefficient (Wildman–Crippen LogP) is 4.99. The maximum Gasteiger partial charge on any atom is 0.260 e. The number of halogens is 1. The first-order valence-electron chi connectivity index (χ1n) is 9.70. The molecule has 1 aliphatic rings. The van der Waals surface area contributed by atoms with Crippen LogP contribution in [0.25, 0.3) is 21.3 Å². The van der Waals surface area contributed by atoms with Crippen molar-refractivity contribution in [3.05, 3.63) is 51.6 Å². The predicted molar refractivity (Wildman–Crippen MR) is 109 cm³/mol. The lowest BCUT2D eigenvalue weighted by atomic mass is 9.97. The third-order valence-corrected chi connectivity index (χ3v) is 6.18. The molecule has 142 valence electrons. The second-order valence-corrected chi connectivity index (χ2v) is 8.13. The summed E-state index contributed by atoms with van der Waals surface area (Å²) in [6, 6.07) is 6.71. The van der Waals surface area contributed by atoms with Crippen molar-refractivity contribution in [2.24, 2.45) is 0 Å². The van der Waals surface area contributed by atoms with Gasteiger partial charge < -0.3 is 10.3 Å². The van der Waals surface area contributed by atoms with Crippen LogP contribution >= 0.6 is 11.3 Å². The Kier molecular flexibility index (Phi) is 5.64. The topological polar surface area (TPSA) is 57.8 Å². The highest BCUT2D eigenvalue weighted by Crippen LogP contribution is 2.30. The molecule has 0 aliphatic heterocycles. The average Bonchev–Trinajstić information content (AvgIpc) is 3.06. The van der Waals surface area contributed by atoms with Gasteiger partial charge in [-0.1, -0.05) is 44.2 Å². The number of aromatic nitrogens is 2. The Morgan fingerprint density at radius 1 is 1.11 bits per heavy atom. The molecule has 1 aromatic carbocycles. The summed E-state index contributed by atoms with van der Waals surface area (Å²) in [4.78, 5) is 21.0. The van der Waals surface area contributed by atoms with Crippen LogP contribution in [-0.4, -0.2) is 16.0 Å². The molecular weight excluding hydrogens is 361 g/mol. The molecule has 0 atom stereocenters. The number of hydrogen-bond donors (Lipinski definition) is 2. The van der Waals surface area contributed by atoms with Gasteiger partial charge in [0.2, 0.25) is 0 Å². The Balaban J connectivity index is 1.54. The van der Waals surface area contributed by atoms with Crippen molar-refractivity contribution in [1.82, 2.24) is 15.3 Å². The van der Waals surface area contributed by atoms with Crippen molar-refractivity contribution >= 4 is 21.6 Å². The summed E-state index contributed by atoms with van der Waals surface area (Å²) in [5, 5.41) is 6.08. The van der Waals surface area contributed by atoms with Crippen molar-refractivity contribution in [1.29, 1.82) is 0 Å². The lowest BCUT2D eigenvalue weighted by Gasteiger charge is -2.20. The van der Waals surface area contributed by atoms with Crippen LogP contribution in [0.3, 0.4) is 0 Å². The fraction of sp³-hybridized carbons (Fsp3) is 0.429. The van der Waals surface area contributed by atoms with E-state index in [9.17, 15) is 9.18 Å². The first kappa shape index (κ1) is 18.3. The molecule has 4 rings (SSSR count). The molecule has 6 heteroatoms. The molecule has 2 aromatic heterocycles. The van der Waals surface area contributed by atoms with Crippen LogP contribution in [0, 0.1) is 5.82 Å². The Labute approximate surface area is 161 Å². The molecule has 0 amide bonds. The average molecular weight is 386 g/mol. The van der Waals surface area contributed by atoms with E-state index in [4.69, 9.17) is 0 Å².